The Labute approximate surface area is 90.0 Å². The van der Waals surface area contributed by atoms with Gasteiger partial charge in [0.15, 0.2) is 0 Å². The molecule has 2 heterocycles. The Morgan fingerprint density at radius 1 is 1.57 bits per heavy atom. The van der Waals surface area contributed by atoms with Crippen molar-refractivity contribution < 1.29 is 4.74 Å². The summed E-state index contributed by atoms with van der Waals surface area (Å²) in [6.45, 7) is 7.58. The van der Waals surface area contributed by atoms with E-state index in [9.17, 15) is 0 Å². The quantitative estimate of drug-likeness (QED) is 0.722. The van der Waals surface area contributed by atoms with Crippen LogP contribution in [-0.4, -0.2) is 23.0 Å². The second-order valence-electron chi connectivity index (χ2n) is 3.04. The summed E-state index contributed by atoms with van der Waals surface area (Å²) in [6.07, 6.45) is 2.73. The molecule has 0 aliphatic carbocycles. The van der Waals surface area contributed by atoms with Crippen molar-refractivity contribution in [1.82, 2.24) is 9.78 Å². The summed E-state index contributed by atoms with van der Waals surface area (Å²) in [7, 11) is 0. The lowest BCUT2D eigenvalue weighted by Crippen LogP contribution is -2.11. The molecule has 0 spiro atoms. The van der Waals surface area contributed by atoms with Gasteiger partial charge in [-0.2, -0.15) is 5.10 Å². The number of nitrogens with zero attached hydrogens (tertiary/aromatic N) is 2. The molecule has 1 unspecified atom stereocenters. The molecule has 0 N–H and O–H groups in total. The van der Waals surface area contributed by atoms with Gasteiger partial charge in [-0.1, -0.05) is 25.4 Å². The van der Waals surface area contributed by atoms with E-state index in [1.807, 2.05) is 25.5 Å². The van der Waals surface area contributed by atoms with Crippen LogP contribution in [0.1, 0.15) is 32.0 Å². The second-order valence-corrected chi connectivity index (χ2v) is 3.45. The van der Waals surface area contributed by atoms with Gasteiger partial charge >= 0.3 is 0 Å². The van der Waals surface area contributed by atoms with Gasteiger partial charge in [0.25, 0.3) is 0 Å². The smallest absolute Gasteiger partial charge is 0.0815 e. The number of hydrogen-bond donors (Lipinski definition) is 0. The Balaban J connectivity index is 0.000000461. The topological polar surface area (TPSA) is 27.1 Å². The summed E-state index contributed by atoms with van der Waals surface area (Å²) in [5.74, 6) is 0. The van der Waals surface area contributed by atoms with E-state index in [0.29, 0.717) is 6.04 Å². The van der Waals surface area contributed by atoms with Crippen molar-refractivity contribution in [2.24, 2.45) is 0 Å². The first-order valence-electron chi connectivity index (χ1n) is 5.06. The van der Waals surface area contributed by atoms with Crippen LogP contribution in [0.25, 0.3) is 0 Å². The summed E-state index contributed by atoms with van der Waals surface area (Å²) in [6, 6.07) is 0.387. The largest absolute Gasteiger partial charge is 0.379 e. The molecule has 0 amide bonds. The first-order chi connectivity index (χ1) is 6.79. The van der Waals surface area contributed by atoms with Crippen LogP contribution in [0.2, 0.25) is 5.02 Å². The van der Waals surface area contributed by atoms with Gasteiger partial charge in [0.1, 0.15) is 0 Å². The minimum atomic E-state index is 0.387. The van der Waals surface area contributed by atoms with Crippen LogP contribution in [0.3, 0.4) is 0 Å². The molecule has 0 bridgehead atoms. The molecule has 1 aliphatic rings. The summed E-state index contributed by atoms with van der Waals surface area (Å²) in [4.78, 5) is 0. The van der Waals surface area contributed by atoms with Crippen LogP contribution in [0.15, 0.2) is 6.20 Å². The van der Waals surface area contributed by atoms with Crippen LogP contribution in [-0.2, 0) is 4.74 Å². The highest BCUT2D eigenvalue weighted by Crippen LogP contribution is 2.23. The summed E-state index contributed by atoms with van der Waals surface area (Å²) >= 11 is 5.88. The molecule has 0 radical (unpaired) electrons. The molecular weight excluding hydrogens is 200 g/mol. The lowest BCUT2D eigenvalue weighted by atomic mass is 10.2. The molecule has 1 aliphatic heterocycles. The Morgan fingerprint density at radius 2 is 2.29 bits per heavy atom. The zero-order chi connectivity index (χ0) is 10.6. The molecule has 1 fully saturated rings. The Hall–Kier alpha value is -0.540. The minimum Gasteiger partial charge on any atom is -0.379 e. The second kappa shape index (κ2) is 5.37. The molecule has 1 atom stereocenters. The molecule has 1 aromatic rings. The van der Waals surface area contributed by atoms with E-state index in [2.05, 4.69) is 5.10 Å². The van der Waals surface area contributed by atoms with Gasteiger partial charge in [0.05, 0.1) is 29.6 Å². The third-order valence-corrected chi connectivity index (χ3v) is 2.61. The van der Waals surface area contributed by atoms with Crippen molar-refractivity contribution in [3.8, 4) is 0 Å². The third kappa shape index (κ3) is 2.28. The van der Waals surface area contributed by atoms with Gasteiger partial charge < -0.3 is 4.74 Å². The molecule has 14 heavy (non-hydrogen) atoms. The fourth-order valence-corrected chi connectivity index (χ4v) is 1.62. The lowest BCUT2D eigenvalue weighted by molar-refractivity contribution is 0.184. The van der Waals surface area contributed by atoms with Gasteiger partial charge in [-0.25, -0.2) is 0 Å². The summed E-state index contributed by atoms with van der Waals surface area (Å²) in [5.41, 5.74) is 1.03. The number of halogens is 1. The molecule has 80 valence electrons. The van der Waals surface area contributed by atoms with Crippen LogP contribution in [0, 0.1) is 6.92 Å². The van der Waals surface area contributed by atoms with Gasteiger partial charge in [-0.05, 0) is 13.3 Å². The first kappa shape index (κ1) is 11.5. The maximum atomic E-state index is 5.88. The standard InChI is InChI=1S/C8H11ClN2O.C2H6/c1-6-8(9)4-10-11(6)7-2-3-12-5-7;1-2/h4,7H,2-3,5H2,1H3;1-2H3. The molecular formula is C10H17ClN2O. The average Bonchev–Trinajstić information content (AvgIpc) is 2.82. The highest BCUT2D eigenvalue weighted by Gasteiger charge is 2.20. The Morgan fingerprint density at radius 3 is 2.71 bits per heavy atom. The molecule has 2 rings (SSSR count). The predicted octanol–water partition coefficient (Wildman–Crippen LogP) is 2.83. The monoisotopic (exact) mass is 216 g/mol. The van der Waals surface area contributed by atoms with Crippen LogP contribution in [0.4, 0.5) is 0 Å². The van der Waals surface area contributed by atoms with E-state index in [1.165, 1.54) is 0 Å². The van der Waals surface area contributed by atoms with E-state index in [1.54, 1.807) is 6.20 Å². The molecule has 0 saturated carbocycles. The predicted molar refractivity (Wildman–Crippen MR) is 57.8 cm³/mol. The maximum Gasteiger partial charge on any atom is 0.0815 e. The van der Waals surface area contributed by atoms with Crippen LogP contribution >= 0.6 is 11.6 Å². The number of aromatic nitrogens is 2. The third-order valence-electron chi connectivity index (χ3n) is 2.24. The van der Waals surface area contributed by atoms with E-state index in [4.69, 9.17) is 16.3 Å². The molecule has 0 aromatic carbocycles. The van der Waals surface area contributed by atoms with E-state index < -0.39 is 0 Å². The normalized spacial score (nSPS) is 20.4. The van der Waals surface area contributed by atoms with Crippen molar-refractivity contribution >= 4 is 11.6 Å². The highest BCUT2D eigenvalue weighted by atomic mass is 35.5. The minimum absolute atomic E-state index is 0.387. The molecule has 3 nitrogen and oxygen atoms in total. The summed E-state index contributed by atoms with van der Waals surface area (Å²) < 4.78 is 7.23. The SMILES string of the molecule is CC.Cc1c(Cl)cnn1C1CCOC1. The van der Waals surface area contributed by atoms with Gasteiger partial charge in [-0.3, -0.25) is 4.68 Å². The maximum absolute atomic E-state index is 5.88. The van der Waals surface area contributed by atoms with E-state index in [0.717, 1.165) is 30.4 Å². The van der Waals surface area contributed by atoms with Crippen molar-refractivity contribution in [3.05, 3.63) is 16.9 Å². The molecule has 1 aromatic heterocycles. The highest BCUT2D eigenvalue weighted by molar-refractivity contribution is 6.31. The van der Waals surface area contributed by atoms with Crippen LogP contribution < -0.4 is 0 Å². The fourth-order valence-electron chi connectivity index (χ4n) is 1.49. The lowest BCUT2D eigenvalue weighted by Gasteiger charge is -2.09. The Bertz CT molecular complexity index is 280. The number of hydrogen-bond acceptors (Lipinski definition) is 2. The van der Waals surface area contributed by atoms with Gasteiger partial charge in [0, 0.05) is 6.61 Å². The first-order valence-corrected chi connectivity index (χ1v) is 5.44. The number of rotatable bonds is 1. The Kier molecular flexibility index (Phi) is 4.42. The fraction of sp³-hybridized carbons (Fsp3) is 0.700. The number of ether oxygens (including phenoxy) is 1. The average molecular weight is 217 g/mol. The van der Waals surface area contributed by atoms with E-state index >= 15 is 0 Å². The van der Waals surface area contributed by atoms with Crippen molar-refractivity contribution in [2.45, 2.75) is 33.2 Å². The van der Waals surface area contributed by atoms with Gasteiger partial charge in [0.2, 0.25) is 0 Å². The van der Waals surface area contributed by atoms with E-state index in [-0.39, 0.29) is 0 Å². The molecule has 4 heteroatoms. The van der Waals surface area contributed by atoms with Crippen LogP contribution in [0.5, 0.6) is 0 Å². The van der Waals surface area contributed by atoms with Crippen molar-refractivity contribution in [2.75, 3.05) is 13.2 Å². The van der Waals surface area contributed by atoms with Crippen molar-refractivity contribution in [1.29, 1.82) is 0 Å². The summed E-state index contributed by atoms with van der Waals surface area (Å²) in [5, 5.41) is 4.94. The van der Waals surface area contributed by atoms with Crippen molar-refractivity contribution in [3.63, 3.8) is 0 Å². The molecule has 1 saturated heterocycles. The zero-order valence-corrected chi connectivity index (χ0v) is 9.71. The zero-order valence-electron chi connectivity index (χ0n) is 8.96. The van der Waals surface area contributed by atoms with Gasteiger partial charge in [-0.15, -0.1) is 0 Å².